The van der Waals surface area contributed by atoms with Gasteiger partial charge in [-0.05, 0) is 37.5 Å². The Balaban J connectivity index is 2.10. The molecule has 0 saturated carbocycles. The van der Waals surface area contributed by atoms with Crippen LogP contribution in [-0.4, -0.2) is 11.4 Å². The van der Waals surface area contributed by atoms with Gasteiger partial charge in [0.2, 0.25) is 5.91 Å². The van der Waals surface area contributed by atoms with Gasteiger partial charge < -0.3 is 11.1 Å². The first kappa shape index (κ1) is 15.3. The highest BCUT2D eigenvalue weighted by Crippen LogP contribution is 2.21. The molecule has 0 aliphatic heterocycles. The van der Waals surface area contributed by atoms with Gasteiger partial charge in [-0.15, -0.1) is 0 Å². The lowest BCUT2D eigenvalue weighted by molar-refractivity contribution is -0.125. The fourth-order valence-corrected chi connectivity index (χ4v) is 2.06. The summed E-state index contributed by atoms with van der Waals surface area (Å²) in [7, 11) is 0. The Morgan fingerprint density at radius 2 is 1.52 bits per heavy atom. The predicted octanol–water partition coefficient (Wildman–Crippen LogP) is 3.27. The van der Waals surface area contributed by atoms with Crippen LogP contribution in [0.1, 0.15) is 32.4 Å². The van der Waals surface area contributed by atoms with E-state index >= 15 is 0 Å². The van der Waals surface area contributed by atoms with E-state index in [1.807, 2.05) is 37.3 Å². The van der Waals surface area contributed by atoms with Crippen LogP contribution in [0.3, 0.4) is 0 Å². The summed E-state index contributed by atoms with van der Waals surface area (Å²) >= 11 is 0. The van der Waals surface area contributed by atoms with Gasteiger partial charge in [-0.25, -0.2) is 0 Å². The highest BCUT2D eigenvalue weighted by Gasteiger charge is 2.23. The van der Waals surface area contributed by atoms with E-state index in [0.29, 0.717) is 0 Å². The number of hydrogen-bond acceptors (Lipinski definition) is 2. The van der Waals surface area contributed by atoms with Crippen LogP contribution in [0, 0.1) is 0 Å². The Morgan fingerprint density at radius 3 is 2.05 bits per heavy atom. The number of nitrogens with one attached hydrogen (secondary N) is 1. The van der Waals surface area contributed by atoms with Crippen molar-refractivity contribution >= 4 is 5.91 Å². The highest BCUT2D eigenvalue weighted by atomic mass is 16.2. The molecule has 0 unspecified atom stereocenters. The van der Waals surface area contributed by atoms with Crippen LogP contribution in [0.5, 0.6) is 0 Å². The topological polar surface area (TPSA) is 55.1 Å². The van der Waals surface area contributed by atoms with E-state index in [9.17, 15) is 4.79 Å². The minimum atomic E-state index is -0.863. The van der Waals surface area contributed by atoms with Crippen LogP contribution < -0.4 is 11.1 Å². The molecule has 0 fully saturated rings. The third-order valence-electron chi connectivity index (χ3n) is 3.45. The second-order valence-corrected chi connectivity index (χ2v) is 5.90. The third-order valence-corrected chi connectivity index (χ3v) is 3.45. The molecule has 0 saturated heterocycles. The van der Waals surface area contributed by atoms with Gasteiger partial charge in [-0.2, -0.15) is 0 Å². The number of rotatable bonds is 4. The van der Waals surface area contributed by atoms with Crippen molar-refractivity contribution in [2.24, 2.45) is 5.73 Å². The Labute approximate surface area is 126 Å². The number of carbonyl (C=O) groups is 1. The molecular weight excluding hydrogens is 260 g/mol. The molecule has 0 heterocycles. The number of hydrogen-bond donors (Lipinski definition) is 2. The van der Waals surface area contributed by atoms with E-state index in [4.69, 9.17) is 5.73 Å². The average Bonchev–Trinajstić information content (AvgIpc) is 2.47. The average molecular weight is 282 g/mol. The standard InChI is InChI=1S/C18H22N2O/c1-13(20-17(21)18(2,3)19)14-9-11-16(12-10-14)15-7-5-4-6-8-15/h4-13H,19H2,1-3H3,(H,20,21)/t13-/m1/s1. The molecule has 2 aromatic carbocycles. The molecular formula is C18H22N2O. The summed E-state index contributed by atoms with van der Waals surface area (Å²) in [6, 6.07) is 18.4. The van der Waals surface area contributed by atoms with Crippen LogP contribution in [0.4, 0.5) is 0 Å². The zero-order valence-electron chi connectivity index (χ0n) is 12.8. The molecule has 0 radical (unpaired) electrons. The monoisotopic (exact) mass is 282 g/mol. The minimum Gasteiger partial charge on any atom is -0.348 e. The van der Waals surface area contributed by atoms with Crippen LogP contribution in [0.2, 0.25) is 0 Å². The first-order valence-corrected chi connectivity index (χ1v) is 7.13. The predicted molar refractivity (Wildman–Crippen MR) is 86.7 cm³/mol. The SMILES string of the molecule is C[C@@H](NC(=O)C(C)(C)N)c1ccc(-c2ccccc2)cc1. The van der Waals surface area contributed by atoms with E-state index in [-0.39, 0.29) is 11.9 Å². The molecule has 1 atom stereocenters. The second-order valence-electron chi connectivity index (χ2n) is 5.90. The zero-order valence-corrected chi connectivity index (χ0v) is 12.8. The second kappa shape index (κ2) is 6.10. The van der Waals surface area contributed by atoms with Crippen molar-refractivity contribution in [3.05, 3.63) is 60.2 Å². The lowest BCUT2D eigenvalue weighted by Gasteiger charge is -2.22. The molecule has 110 valence electrons. The van der Waals surface area contributed by atoms with Crippen LogP contribution in [0.15, 0.2) is 54.6 Å². The molecule has 0 bridgehead atoms. The van der Waals surface area contributed by atoms with Crippen LogP contribution in [-0.2, 0) is 4.79 Å². The van der Waals surface area contributed by atoms with E-state index in [1.54, 1.807) is 13.8 Å². The Hall–Kier alpha value is -2.13. The zero-order chi connectivity index (χ0) is 15.5. The Kier molecular flexibility index (Phi) is 4.43. The Morgan fingerprint density at radius 1 is 1.00 bits per heavy atom. The fraction of sp³-hybridized carbons (Fsp3) is 0.278. The van der Waals surface area contributed by atoms with E-state index in [0.717, 1.165) is 11.1 Å². The molecule has 2 rings (SSSR count). The number of carbonyl (C=O) groups excluding carboxylic acids is 1. The van der Waals surface area contributed by atoms with Crippen molar-refractivity contribution in [2.45, 2.75) is 32.4 Å². The summed E-state index contributed by atoms with van der Waals surface area (Å²) in [5.74, 6) is -0.151. The number of nitrogens with two attached hydrogens (primary N) is 1. The summed E-state index contributed by atoms with van der Waals surface area (Å²) in [4.78, 5) is 11.9. The molecule has 0 aliphatic rings. The first-order chi connectivity index (χ1) is 9.88. The smallest absolute Gasteiger partial charge is 0.239 e. The van der Waals surface area contributed by atoms with Crippen molar-refractivity contribution in [3.63, 3.8) is 0 Å². The molecule has 3 nitrogen and oxygen atoms in total. The van der Waals surface area contributed by atoms with Crippen molar-refractivity contribution in [2.75, 3.05) is 0 Å². The van der Waals surface area contributed by atoms with Gasteiger partial charge in [-0.3, -0.25) is 4.79 Å². The first-order valence-electron chi connectivity index (χ1n) is 7.13. The van der Waals surface area contributed by atoms with Crippen LogP contribution >= 0.6 is 0 Å². The van der Waals surface area contributed by atoms with Crippen molar-refractivity contribution in [1.29, 1.82) is 0 Å². The molecule has 3 N–H and O–H groups in total. The normalized spacial score (nSPS) is 12.8. The minimum absolute atomic E-state index is 0.0647. The van der Waals surface area contributed by atoms with E-state index in [2.05, 4.69) is 29.6 Å². The third kappa shape index (κ3) is 3.92. The maximum atomic E-state index is 11.9. The van der Waals surface area contributed by atoms with Gasteiger partial charge in [0.25, 0.3) is 0 Å². The van der Waals surface area contributed by atoms with Gasteiger partial charge in [0, 0.05) is 0 Å². The highest BCUT2D eigenvalue weighted by molar-refractivity contribution is 5.85. The van der Waals surface area contributed by atoms with Crippen molar-refractivity contribution in [3.8, 4) is 11.1 Å². The molecule has 0 aliphatic carbocycles. The van der Waals surface area contributed by atoms with Gasteiger partial charge in [0.05, 0.1) is 11.6 Å². The van der Waals surface area contributed by atoms with E-state index in [1.165, 1.54) is 5.56 Å². The maximum Gasteiger partial charge on any atom is 0.239 e. The van der Waals surface area contributed by atoms with Crippen molar-refractivity contribution in [1.82, 2.24) is 5.32 Å². The van der Waals surface area contributed by atoms with Gasteiger partial charge >= 0.3 is 0 Å². The van der Waals surface area contributed by atoms with Crippen molar-refractivity contribution < 1.29 is 4.79 Å². The van der Waals surface area contributed by atoms with Gasteiger partial charge in [0.1, 0.15) is 0 Å². The molecule has 21 heavy (non-hydrogen) atoms. The van der Waals surface area contributed by atoms with Gasteiger partial charge in [0.15, 0.2) is 0 Å². The summed E-state index contributed by atoms with van der Waals surface area (Å²) in [5.41, 5.74) is 8.34. The molecule has 0 spiro atoms. The fourth-order valence-electron chi connectivity index (χ4n) is 2.06. The summed E-state index contributed by atoms with van der Waals surface area (Å²) < 4.78 is 0. The van der Waals surface area contributed by atoms with Crippen LogP contribution in [0.25, 0.3) is 11.1 Å². The summed E-state index contributed by atoms with van der Waals surface area (Å²) in [6.07, 6.45) is 0. The quantitative estimate of drug-likeness (QED) is 0.904. The lowest BCUT2D eigenvalue weighted by atomic mass is 10.0. The number of amides is 1. The molecule has 0 aromatic heterocycles. The summed E-state index contributed by atoms with van der Waals surface area (Å²) in [6.45, 7) is 5.36. The van der Waals surface area contributed by atoms with Gasteiger partial charge in [-0.1, -0.05) is 54.6 Å². The van der Waals surface area contributed by atoms with E-state index < -0.39 is 5.54 Å². The molecule has 1 amide bonds. The summed E-state index contributed by atoms with van der Waals surface area (Å²) in [5, 5.41) is 2.93. The lowest BCUT2D eigenvalue weighted by Crippen LogP contribution is -2.49. The molecule has 3 heteroatoms. The number of benzene rings is 2. The largest absolute Gasteiger partial charge is 0.348 e. The molecule has 2 aromatic rings. The maximum absolute atomic E-state index is 11.9. The Bertz CT molecular complexity index is 597.